The molecule has 0 radical (unpaired) electrons. The predicted molar refractivity (Wildman–Crippen MR) is 110 cm³/mol. The number of alkyl carbamates (subject to hydrolysis) is 1. The summed E-state index contributed by atoms with van der Waals surface area (Å²) in [5.74, 6) is -1.25. The van der Waals surface area contributed by atoms with Gasteiger partial charge < -0.3 is 19.9 Å². The molecular formula is C23H27NO5. The minimum absolute atomic E-state index is 0.0836. The lowest BCUT2D eigenvalue weighted by Gasteiger charge is -2.29. The summed E-state index contributed by atoms with van der Waals surface area (Å²) in [7, 11) is 0. The molecule has 1 aliphatic rings. The van der Waals surface area contributed by atoms with Crippen molar-refractivity contribution in [3.05, 3.63) is 59.7 Å². The van der Waals surface area contributed by atoms with Crippen molar-refractivity contribution in [2.45, 2.75) is 51.4 Å². The molecule has 1 unspecified atom stereocenters. The number of aliphatic carboxylic acids is 1. The van der Waals surface area contributed by atoms with Crippen molar-refractivity contribution in [2.75, 3.05) is 6.61 Å². The fourth-order valence-electron chi connectivity index (χ4n) is 3.77. The van der Waals surface area contributed by atoms with Gasteiger partial charge in [-0.3, -0.25) is 0 Å². The first-order valence-electron chi connectivity index (χ1n) is 9.69. The molecule has 29 heavy (non-hydrogen) atoms. The highest BCUT2D eigenvalue weighted by Gasteiger charge is 2.32. The summed E-state index contributed by atoms with van der Waals surface area (Å²) in [5.41, 5.74) is 3.93. The number of amides is 1. The number of hydrogen-bond acceptors (Lipinski definition) is 4. The molecule has 1 aliphatic carbocycles. The van der Waals surface area contributed by atoms with Crippen LogP contribution in [0, 0.1) is 0 Å². The van der Waals surface area contributed by atoms with Gasteiger partial charge in [0, 0.05) is 5.92 Å². The van der Waals surface area contributed by atoms with Crippen LogP contribution in [0.5, 0.6) is 0 Å². The number of hydrogen-bond donors (Lipinski definition) is 2. The van der Waals surface area contributed by atoms with Gasteiger partial charge in [0.15, 0.2) is 6.04 Å². The summed E-state index contributed by atoms with van der Waals surface area (Å²) in [6, 6.07) is 14.9. The Morgan fingerprint density at radius 3 is 2.03 bits per heavy atom. The summed E-state index contributed by atoms with van der Waals surface area (Å²) in [4.78, 5) is 24.0. The van der Waals surface area contributed by atoms with Crippen LogP contribution in [0.25, 0.3) is 11.1 Å². The lowest BCUT2D eigenvalue weighted by Crippen LogP contribution is -2.50. The third kappa shape index (κ3) is 4.77. The molecule has 0 spiro atoms. The maximum absolute atomic E-state index is 12.4. The zero-order valence-electron chi connectivity index (χ0n) is 17.1. The molecule has 0 saturated heterocycles. The number of carbonyl (C=O) groups excluding carboxylic acids is 1. The van der Waals surface area contributed by atoms with Crippen LogP contribution < -0.4 is 5.32 Å². The van der Waals surface area contributed by atoms with Gasteiger partial charge in [-0.2, -0.15) is 0 Å². The molecule has 0 aromatic heterocycles. The molecule has 0 fully saturated rings. The number of benzene rings is 2. The van der Waals surface area contributed by atoms with E-state index in [9.17, 15) is 14.7 Å². The van der Waals surface area contributed by atoms with Crippen molar-refractivity contribution in [1.82, 2.24) is 5.32 Å². The molecule has 6 nitrogen and oxygen atoms in total. The standard InChI is InChI=1S/C23H27NO5/c1-14(29-23(2,3)4)20(21(25)26)24-22(27)28-13-19-17-11-7-5-9-15(17)16-10-6-8-12-18(16)19/h5-12,14,19-20H,13H2,1-4H3,(H,24,27)(H,25,26)/t14?,20-/m1/s1. The summed E-state index contributed by atoms with van der Waals surface area (Å²) in [6.07, 6.45) is -1.49. The zero-order valence-corrected chi connectivity index (χ0v) is 17.1. The van der Waals surface area contributed by atoms with Gasteiger partial charge in [0.25, 0.3) is 0 Å². The van der Waals surface area contributed by atoms with Crippen LogP contribution in [0.4, 0.5) is 4.79 Å². The highest BCUT2D eigenvalue weighted by atomic mass is 16.6. The second kappa shape index (κ2) is 8.25. The molecule has 2 N–H and O–H groups in total. The van der Waals surface area contributed by atoms with E-state index in [0.717, 1.165) is 22.3 Å². The number of rotatable bonds is 6. The van der Waals surface area contributed by atoms with Gasteiger partial charge in [0.05, 0.1) is 11.7 Å². The van der Waals surface area contributed by atoms with E-state index in [-0.39, 0.29) is 12.5 Å². The van der Waals surface area contributed by atoms with Crippen LogP contribution >= 0.6 is 0 Å². The predicted octanol–water partition coefficient (Wildman–Crippen LogP) is 4.18. The quantitative estimate of drug-likeness (QED) is 0.764. The molecule has 6 heteroatoms. The first-order chi connectivity index (χ1) is 13.7. The summed E-state index contributed by atoms with van der Waals surface area (Å²) in [6.45, 7) is 7.23. The number of ether oxygens (including phenoxy) is 2. The minimum atomic E-state index is -1.20. The molecule has 0 heterocycles. The molecule has 2 aromatic rings. The first-order valence-corrected chi connectivity index (χ1v) is 9.69. The van der Waals surface area contributed by atoms with Gasteiger partial charge >= 0.3 is 12.1 Å². The van der Waals surface area contributed by atoms with Crippen molar-refractivity contribution in [1.29, 1.82) is 0 Å². The van der Waals surface area contributed by atoms with Crippen molar-refractivity contribution >= 4 is 12.1 Å². The molecule has 154 valence electrons. The van der Waals surface area contributed by atoms with Crippen LogP contribution in [0.2, 0.25) is 0 Å². The Morgan fingerprint density at radius 1 is 1.03 bits per heavy atom. The number of nitrogens with one attached hydrogen (secondary N) is 1. The molecular weight excluding hydrogens is 370 g/mol. The molecule has 2 aromatic carbocycles. The third-order valence-corrected chi connectivity index (χ3v) is 4.89. The SMILES string of the molecule is CC(OC(C)(C)C)[C@@H](NC(=O)OCC1c2ccccc2-c2ccccc21)C(=O)O. The van der Waals surface area contributed by atoms with E-state index in [1.54, 1.807) is 6.92 Å². The Hall–Kier alpha value is -2.86. The Bertz CT molecular complexity index is 857. The fourth-order valence-corrected chi connectivity index (χ4v) is 3.77. The summed E-state index contributed by atoms with van der Waals surface area (Å²) in [5, 5.41) is 11.9. The molecule has 2 atom stereocenters. The van der Waals surface area contributed by atoms with E-state index in [1.807, 2.05) is 57.2 Å². The van der Waals surface area contributed by atoms with Gasteiger partial charge in [0.1, 0.15) is 6.61 Å². The van der Waals surface area contributed by atoms with Gasteiger partial charge in [-0.05, 0) is 49.9 Å². The molecule has 0 saturated carbocycles. The maximum Gasteiger partial charge on any atom is 0.407 e. The van der Waals surface area contributed by atoms with Crippen LogP contribution in [0.1, 0.15) is 44.7 Å². The molecule has 0 aliphatic heterocycles. The second-order valence-corrected chi connectivity index (χ2v) is 8.22. The maximum atomic E-state index is 12.4. The second-order valence-electron chi connectivity index (χ2n) is 8.22. The lowest BCUT2D eigenvalue weighted by molar-refractivity contribution is -0.147. The summed E-state index contributed by atoms with van der Waals surface area (Å²) >= 11 is 0. The highest BCUT2D eigenvalue weighted by molar-refractivity contribution is 5.81. The Labute approximate surface area is 170 Å². The average molecular weight is 397 g/mol. The monoisotopic (exact) mass is 397 g/mol. The Kier molecular flexibility index (Phi) is 5.94. The molecule has 0 bridgehead atoms. The van der Waals surface area contributed by atoms with Gasteiger partial charge in [0.2, 0.25) is 0 Å². The largest absolute Gasteiger partial charge is 0.480 e. The van der Waals surface area contributed by atoms with Crippen molar-refractivity contribution in [3.8, 4) is 11.1 Å². The first kappa shape index (κ1) is 20.9. The number of carbonyl (C=O) groups is 2. The van der Waals surface area contributed by atoms with Crippen molar-refractivity contribution < 1.29 is 24.2 Å². The smallest absolute Gasteiger partial charge is 0.407 e. The summed E-state index contributed by atoms with van der Waals surface area (Å²) < 4.78 is 11.1. The number of carboxylic acids is 1. The molecule has 1 amide bonds. The van der Waals surface area contributed by atoms with E-state index in [0.29, 0.717) is 0 Å². The van der Waals surface area contributed by atoms with E-state index >= 15 is 0 Å². The minimum Gasteiger partial charge on any atom is -0.480 e. The average Bonchev–Trinajstić information content (AvgIpc) is 2.96. The number of fused-ring (bicyclic) bond motifs is 3. The van der Waals surface area contributed by atoms with E-state index in [1.165, 1.54) is 0 Å². The number of carboxylic acid groups (broad SMARTS) is 1. The van der Waals surface area contributed by atoms with Crippen LogP contribution in [-0.2, 0) is 14.3 Å². The van der Waals surface area contributed by atoms with Crippen molar-refractivity contribution in [3.63, 3.8) is 0 Å². The van der Waals surface area contributed by atoms with Gasteiger partial charge in [-0.1, -0.05) is 48.5 Å². The van der Waals surface area contributed by atoms with E-state index in [2.05, 4.69) is 17.4 Å². The van der Waals surface area contributed by atoms with E-state index in [4.69, 9.17) is 9.47 Å². The normalized spacial score (nSPS) is 15.2. The van der Waals surface area contributed by atoms with Crippen LogP contribution in [-0.4, -0.2) is 41.5 Å². The highest BCUT2D eigenvalue weighted by Crippen LogP contribution is 2.44. The Balaban J connectivity index is 1.68. The van der Waals surface area contributed by atoms with Crippen LogP contribution in [0.15, 0.2) is 48.5 Å². The van der Waals surface area contributed by atoms with Gasteiger partial charge in [-0.15, -0.1) is 0 Å². The van der Waals surface area contributed by atoms with E-state index < -0.39 is 29.8 Å². The lowest BCUT2D eigenvalue weighted by atomic mass is 9.98. The third-order valence-electron chi connectivity index (χ3n) is 4.89. The fraction of sp³-hybridized carbons (Fsp3) is 0.391. The van der Waals surface area contributed by atoms with Crippen LogP contribution in [0.3, 0.4) is 0 Å². The zero-order chi connectivity index (χ0) is 21.2. The van der Waals surface area contributed by atoms with Crippen molar-refractivity contribution in [2.24, 2.45) is 0 Å². The topological polar surface area (TPSA) is 84.9 Å². The molecule has 3 rings (SSSR count). The van der Waals surface area contributed by atoms with Gasteiger partial charge in [-0.25, -0.2) is 9.59 Å². The Morgan fingerprint density at radius 2 is 1.55 bits per heavy atom.